The van der Waals surface area contributed by atoms with Gasteiger partial charge in [-0.2, -0.15) is 5.26 Å². The fourth-order valence-electron chi connectivity index (χ4n) is 1.71. The molecule has 4 nitrogen and oxygen atoms in total. The molecule has 0 radical (unpaired) electrons. The molecular weight excluding hydrogens is 268 g/mol. The minimum Gasteiger partial charge on any atom is -0.313 e. The standard InChI is InChI=1S/C15H16N4S/c1-2-6-17-11-12-4-5-14(13(9-12)10-16)20-15-18-7-3-8-19-15/h3-5,7-9,17H,2,6,11H2,1H3. The van der Waals surface area contributed by atoms with E-state index in [2.05, 4.69) is 28.3 Å². The summed E-state index contributed by atoms with van der Waals surface area (Å²) in [5.74, 6) is 0. The van der Waals surface area contributed by atoms with E-state index in [1.165, 1.54) is 11.8 Å². The molecule has 0 fully saturated rings. The second-order valence-corrected chi connectivity index (χ2v) is 5.26. The van der Waals surface area contributed by atoms with Gasteiger partial charge in [0, 0.05) is 23.8 Å². The SMILES string of the molecule is CCCNCc1ccc(Sc2ncccn2)c(C#N)c1. The normalized spacial score (nSPS) is 10.2. The van der Waals surface area contributed by atoms with Crippen LogP contribution in [0, 0.1) is 11.3 Å². The molecule has 1 N–H and O–H groups in total. The van der Waals surface area contributed by atoms with Gasteiger partial charge in [0.25, 0.3) is 0 Å². The van der Waals surface area contributed by atoms with Crippen molar-refractivity contribution in [1.82, 2.24) is 15.3 Å². The van der Waals surface area contributed by atoms with Crippen molar-refractivity contribution in [1.29, 1.82) is 5.26 Å². The highest BCUT2D eigenvalue weighted by Gasteiger charge is 2.07. The molecule has 0 aliphatic heterocycles. The summed E-state index contributed by atoms with van der Waals surface area (Å²) in [6.07, 6.45) is 4.50. The highest BCUT2D eigenvalue weighted by molar-refractivity contribution is 7.99. The van der Waals surface area contributed by atoms with Crippen molar-refractivity contribution in [2.75, 3.05) is 6.54 Å². The second kappa shape index (κ2) is 7.63. The number of aromatic nitrogens is 2. The van der Waals surface area contributed by atoms with Crippen LogP contribution in [0.2, 0.25) is 0 Å². The summed E-state index contributed by atoms with van der Waals surface area (Å²) in [7, 11) is 0. The van der Waals surface area contributed by atoms with Gasteiger partial charge < -0.3 is 5.32 Å². The second-order valence-electron chi connectivity index (χ2n) is 4.25. The van der Waals surface area contributed by atoms with Crippen LogP contribution < -0.4 is 5.32 Å². The van der Waals surface area contributed by atoms with Crippen LogP contribution in [-0.4, -0.2) is 16.5 Å². The molecule has 0 spiro atoms. The third-order valence-corrected chi connectivity index (χ3v) is 3.63. The summed E-state index contributed by atoms with van der Waals surface area (Å²) in [6, 6.07) is 9.94. The van der Waals surface area contributed by atoms with Crippen molar-refractivity contribution in [3.05, 3.63) is 47.8 Å². The number of nitrogens with zero attached hydrogens (tertiary/aromatic N) is 3. The zero-order valence-electron chi connectivity index (χ0n) is 11.3. The van der Waals surface area contributed by atoms with Gasteiger partial charge in [0.2, 0.25) is 0 Å². The largest absolute Gasteiger partial charge is 0.313 e. The first-order valence-electron chi connectivity index (χ1n) is 6.52. The maximum absolute atomic E-state index is 9.27. The van der Waals surface area contributed by atoms with E-state index in [4.69, 9.17) is 0 Å². The number of rotatable bonds is 6. The molecule has 0 amide bonds. The zero-order chi connectivity index (χ0) is 14.2. The minimum atomic E-state index is 0.654. The minimum absolute atomic E-state index is 0.654. The predicted molar refractivity (Wildman–Crippen MR) is 79.3 cm³/mol. The topological polar surface area (TPSA) is 61.6 Å². The molecule has 0 unspecified atom stereocenters. The van der Waals surface area contributed by atoms with Gasteiger partial charge in [-0.05, 0) is 48.5 Å². The molecule has 0 atom stereocenters. The van der Waals surface area contributed by atoms with Crippen LogP contribution in [0.15, 0.2) is 46.7 Å². The molecule has 20 heavy (non-hydrogen) atoms. The zero-order valence-corrected chi connectivity index (χ0v) is 12.2. The summed E-state index contributed by atoms with van der Waals surface area (Å²) in [6.45, 7) is 3.90. The van der Waals surface area contributed by atoms with E-state index in [9.17, 15) is 5.26 Å². The van der Waals surface area contributed by atoms with Crippen LogP contribution in [0.3, 0.4) is 0 Å². The van der Waals surface area contributed by atoms with Crippen molar-refractivity contribution in [3.63, 3.8) is 0 Å². The van der Waals surface area contributed by atoms with Crippen LogP contribution in [0.25, 0.3) is 0 Å². The molecular formula is C15H16N4S. The molecule has 0 aliphatic carbocycles. The van der Waals surface area contributed by atoms with Gasteiger partial charge in [-0.25, -0.2) is 9.97 Å². The highest BCUT2D eigenvalue weighted by atomic mass is 32.2. The number of hydrogen-bond donors (Lipinski definition) is 1. The lowest BCUT2D eigenvalue weighted by molar-refractivity contribution is 0.675. The highest BCUT2D eigenvalue weighted by Crippen LogP contribution is 2.27. The average Bonchev–Trinajstić information content (AvgIpc) is 2.50. The third-order valence-electron chi connectivity index (χ3n) is 2.66. The van der Waals surface area contributed by atoms with E-state index in [1.54, 1.807) is 18.5 Å². The molecule has 1 aromatic heterocycles. The van der Waals surface area contributed by atoms with Crippen LogP contribution in [-0.2, 0) is 6.54 Å². The van der Waals surface area contributed by atoms with Crippen molar-refractivity contribution in [3.8, 4) is 6.07 Å². The van der Waals surface area contributed by atoms with E-state index in [1.807, 2.05) is 18.2 Å². The average molecular weight is 284 g/mol. The lowest BCUT2D eigenvalue weighted by atomic mass is 10.1. The molecule has 1 heterocycles. The monoisotopic (exact) mass is 284 g/mol. The molecule has 102 valence electrons. The lowest BCUT2D eigenvalue weighted by Crippen LogP contribution is -2.13. The Bertz CT molecular complexity index is 593. The van der Waals surface area contributed by atoms with E-state index >= 15 is 0 Å². The third kappa shape index (κ3) is 4.05. The molecule has 5 heteroatoms. The molecule has 2 aromatic rings. The number of nitrogens with one attached hydrogen (secondary N) is 1. The first-order valence-corrected chi connectivity index (χ1v) is 7.33. The van der Waals surface area contributed by atoms with Gasteiger partial charge in [0.05, 0.1) is 5.56 Å². The van der Waals surface area contributed by atoms with Crippen molar-refractivity contribution in [2.24, 2.45) is 0 Å². The Hall–Kier alpha value is -1.90. The fourth-order valence-corrected chi connectivity index (χ4v) is 2.48. The lowest BCUT2D eigenvalue weighted by Gasteiger charge is -2.07. The smallest absolute Gasteiger partial charge is 0.192 e. The first kappa shape index (κ1) is 14.5. The summed E-state index contributed by atoms with van der Waals surface area (Å²) < 4.78 is 0. The predicted octanol–water partition coefficient (Wildman–Crippen LogP) is 3.00. The van der Waals surface area contributed by atoms with E-state index in [0.29, 0.717) is 10.7 Å². The number of hydrogen-bond acceptors (Lipinski definition) is 5. The maximum atomic E-state index is 9.27. The molecule has 0 bridgehead atoms. The molecule has 1 aromatic carbocycles. The summed E-state index contributed by atoms with van der Waals surface area (Å²) in [5.41, 5.74) is 1.78. The maximum Gasteiger partial charge on any atom is 0.192 e. The summed E-state index contributed by atoms with van der Waals surface area (Å²) in [4.78, 5) is 9.21. The van der Waals surface area contributed by atoms with Crippen LogP contribution in [0.1, 0.15) is 24.5 Å². The molecule has 0 saturated heterocycles. The Morgan fingerprint density at radius 1 is 1.30 bits per heavy atom. The first-order chi connectivity index (χ1) is 9.83. The Kier molecular flexibility index (Phi) is 5.54. The molecule has 0 aliphatic rings. The Labute approximate surface area is 123 Å². The van der Waals surface area contributed by atoms with Crippen LogP contribution in [0.4, 0.5) is 0 Å². The fraction of sp³-hybridized carbons (Fsp3) is 0.267. The quantitative estimate of drug-likeness (QED) is 0.652. The number of benzene rings is 1. The van der Waals surface area contributed by atoms with Crippen LogP contribution >= 0.6 is 11.8 Å². The van der Waals surface area contributed by atoms with Gasteiger partial charge in [0.1, 0.15) is 6.07 Å². The Morgan fingerprint density at radius 3 is 2.80 bits per heavy atom. The van der Waals surface area contributed by atoms with Gasteiger partial charge >= 0.3 is 0 Å². The summed E-state index contributed by atoms with van der Waals surface area (Å²) >= 11 is 1.41. The van der Waals surface area contributed by atoms with Crippen molar-refractivity contribution >= 4 is 11.8 Å². The van der Waals surface area contributed by atoms with Gasteiger partial charge in [0.15, 0.2) is 5.16 Å². The van der Waals surface area contributed by atoms with E-state index in [0.717, 1.165) is 30.0 Å². The Balaban J connectivity index is 2.12. The van der Waals surface area contributed by atoms with Crippen molar-refractivity contribution < 1.29 is 0 Å². The summed E-state index contributed by atoms with van der Waals surface area (Å²) in [5, 5.41) is 13.3. The Morgan fingerprint density at radius 2 is 2.10 bits per heavy atom. The molecule has 0 saturated carbocycles. The van der Waals surface area contributed by atoms with E-state index < -0.39 is 0 Å². The van der Waals surface area contributed by atoms with Gasteiger partial charge in [-0.1, -0.05) is 13.0 Å². The van der Waals surface area contributed by atoms with Crippen molar-refractivity contribution in [2.45, 2.75) is 29.9 Å². The molecule has 2 rings (SSSR count). The van der Waals surface area contributed by atoms with E-state index in [-0.39, 0.29) is 0 Å². The van der Waals surface area contributed by atoms with Gasteiger partial charge in [-0.15, -0.1) is 0 Å². The number of nitriles is 1. The van der Waals surface area contributed by atoms with Crippen LogP contribution in [0.5, 0.6) is 0 Å². The van der Waals surface area contributed by atoms with Gasteiger partial charge in [-0.3, -0.25) is 0 Å².